The molecular weight excluding hydrogens is 519 g/mol. The van der Waals surface area contributed by atoms with Gasteiger partial charge in [-0.2, -0.15) is 8.78 Å². The Bertz CT molecular complexity index is 805. The molecule has 0 heterocycles. The van der Waals surface area contributed by atoms with E-state index in [1.54, 1.807) is 18.2 Å². The van der Waals surface area contributed by atoms with E-state index in [0.29, 0.717) is 18.1 Å². The topological polar surface area (TPSA) is 75.1 Å². The molecule has 0 bridgehead atoms. The second kappa shape index (κ2) is 14.0. The van der Waals surface area contributed by atoms with E-state index < -0.39 is 12.7 Å². The molecule has 0 spiro atoms. The van der Waals surface area contributed by atoms with Gasteiger partial charge in [0.25, 0.3) is 0 Å². The predicted molar refractivity (Wildman–Crippen MR) is 128 cm³/mol. The van der Waals surface area contributed by atoms with Crippen molar-refractivity contribution in [1.29, 1.82) is 0 Å². The number of halogens is 3. The van der Waals surface area contributed by atoms with Gasteiger partial charge >= 0.3 is 6.61 Å². The molecule has 1 unspecified atom stereocenters. The molecule has 0 radical (unpaired) electrons. The third kappa shape index (κ3) is 9.69. The van der Waals surface area contributed by atoms with Gasteiger partial charge in [0.1, 0.15) is 11.5 Å². The number of para-hydroxylation sites is 1. The molecule has 0 aliphatic rings. The molecular formula is C22H30F2IN3O3. The molecule has 2 aromatic rings. The maximum atomic E-state index is 12.6. The van der Waals surface area contributed by atoms with Crippen LogP contribution in [0.2, 0.25) is 0 Å². The molecule has 0 aromatic heterocycles. The van der Waals surface area contributed by atoms with Crippen molar-refractivity contribution < 1.29 is 23.4 Å². The molecule has 2 rings (SSSR count). The summed E-state index contributed by atoms with van der Waals surface area (Å²) >= 11 is 0. The fourth-order valence-electron chi connectivity index (χ4n) is 2.70. The molecule has 0 saturated carbocycles. The number of ether oxygens (including phenoxy) is 2. The average molecular weight is 549 g/mol. The summed E-state index contributed by atoms with van der Waals surface area (Å²) in [5, 5.41) is 16.6. The van der Waals surface area contributed by atoms with Crippen molar-refractivity contribution in [3.05, 3.63) is 59.7 Å². The molecule has 0 aliphatic heterocycles. The van der Waals surface area contributed by atoms with E-state index in [9.17, 15) is 13.9 Å². The Morgan fingerprint density at radius 2 is 1.71 bits per heavy atom. The van der Waals surface area contributed by atoms with Crippen LogP contribution in [-0.4, -0.2) is 36.9 Å². The zero-order chi connectivity index (χ0) is 21.9. The van der Waals surface area contributed by atoms with Crippen molar-refractivity contribution in [2.75, 3.05) is 13.1 Å². The summed E-state index contributed by atoms with van der Waals surface area (Å²) in [6.45, 7) is 3.90. The summed E-state index contributed by atoms with van der Waals surface area (Å²) < 4.78 is 35.3. The molecule has 0 fully saturated rings. The van der Waals surface area contributed by atoms with E-state index in [4.69, 9.17) is 4.74 Å². The van der Waals surface area contributed by atoms with Gasteiger partial charge in [0.05, 0.1) is 18.8 Å². The predicted octanol–water partition coefficient (Wildman–Crippen LogP) is 4.48. The minimum Gasteiger partial charge on any atom is -0.491 e. The van der Waals surface area contributed by atoms with Crippen LogP contribution >= 0.6 is 24.0 Å². The van der Waals surface area contributed by atoms with Crippen LogP contribution in [0.25, 0.3) is 0 Å². The zero-order valence-corrected chi connectivity index (χ0v) is 20.2. The fraction of sp³-hybridized carbons (Fsp3) is 0.409. The summed E-state index contributed by atoms with van der Waals surface area (Å²) in [6.07, 6.45) is -0.672. The molecule has 1 atom stereocenters. The number of aliphatic imine (C=N–C) groups is 1. The van der Waals surface area contributed by atoms with E-state index in [1.807, 2.05) is 45.0 Å². The van der Waals surface area contributed by atoms with Gasteiger partial charge in [0, 0.05) is 18.7 Å². The van der Waals surface area contributed by atoms with Gasteiger partial charge in [-0.15, -0.1) is 24.0 Å². The van der Waals surface area contributed by atoms with Crippen LogP contribution in [0.15, 0.2) is 53.5 Å². The Labute approximate surface area is 199 Å². The molecule has 31 heavy (non-hydrogen) atoms. The Kier molecular flexibility index (Phi) is 12.2. The van der Waals surface area contributed by atoms with Crippen molar-refractivity contribution >= 4 is 29.9 Å². The summed E-state index contributed by atoms with van der Waals surface area (Å²) in [5.74, 6) is 1.30. The minimum atomic E-state index is -2.89. The van der Waals surface area contributed by atoms with Crippen molar-refractivity contribution in [3.8, 4) is 11.5 Å². The lowest BCUT2D eigenvalue weighted by Crippen LogP contribution is -2.39. The SMILES string of the molecule is CCNC(=NCc1ccccc1OC(F)F)NCC(O)c1ccc(OC(C)C)cc1.I. The van der Waals surface area contributed by atoms with Crippen LogP contribution in [0.5, 0.6) is 11.5 Å². The van der Waals surface area contributed by atoms with Crippen LogP contribution in [-0.2, 0) is 6.54 Å². The van der Waals surface area contributed by atoms with Gasteiger partial charge in [-0.1, -0.05) is 30.3 Å². The van der Waals surface area contributed by atoms with E-state index in [-0.39, 0.29) is 48.9 Å². The van der Waals surface area contributed by atoms with Gasteiger partial charge in [0.2, 0.25) is 0 Å². The first kappa shape index (κ1) is 26.9. The standard InChI is InChI=1S/C22H29F2N3O3.HI/c1-4-25-22(26-13-17-7-5-6-8-20(17)30-21(23)24)27-14-19(28)16-9-11-18(12-10-16)29-15(2)3;/h5-12,15,19,21,28H,4,13-14H2,1-3H3,(H2,25,26,27);1H. The molecule has 172 valence electrons. The fourth-order valence-corrected chi connectivity index (χ4v) is 2.70. The summed E-state index contributed by atoms with van der Waals surface area (Å²) in [4.78, 5) is 4.40. The van der Waals surface area contributed by atoms with Crippen LogP contribution in [0.4, 0.5) is 8.78 Å². The Hall–Kier alpha value is -2.14. The molecule has 0 aliphatic carbocycles. The number of hydrogen-bond acceptors (Lipinski definition) is 4. The highest BCUT2D eigenvalue weighted by Gasteiger charge is 2.11. The number of benzene rings is 2. The third-order valence-electron chi connectivity index (χ3n) is 4.04. The lowest BCUT2D eigenvalue weighted by atomic mass is 10.1. The minimum absolute atomic E-state index is 0. The smallest absolute Gasteiger partial charge is 0.387 e. The molecule has 3 N–H and O–H groups in total. The maximum absolute atomic E-state index is 12.6. The first-order valence-corrected chi connectivity index (χ1v) is 9.88. The normalized spacial score (nSPS) is 12.3. The number of aliphatic hydroxyl groups excluding tert-OH is 1. The number of nitrogens with one attached hydrogen (secondary N) is 2. The number of rotatable bonds is 10. The lowest BCUT2D eigenvalue weighted by molar-refractivity contribution is -0.0504. The van der Waals surface area contributed by atoms with Gasteiger partial charge in [-0.05, 0) is 44.5 Å². The van der Waals surface area contributed by atoms with Crippen LogP contribution < -0.4 is 20.1 Å². The number of alkyl halides is 2. The highest BCUT2D eigenvalue weighted by atomic mass is 127. The van der Waals surface area contributed by atoms with Crippen LogP contribution in [0.1, 0.15) is 38.0 Å². The van der Waals surface area contributed by atoms with Gasteiger partial charge in [0.15, 0.2) is 5.96 Å². The van der Waals surface area contributed by atoms with Gasteiger partial charge in [-0.3, -0.25) is 0 Å². The van der Waals surface area contributed by atoms with Crippen LogP contribution in [0.3, 0.4) is 0 Å². The number of nitrogens with zero attached hydrogens (tertiary/aromatic N) is 1. The highest BCUT2D eigenvalue weighted by molar-refractivity contribution is 14.0. The zero-order valence-electron chi connectivity index (χ0n) is 17.8. The van der Waals surface area contributed by atoms with E-state index >= 15 is 0 Å². The van der Waals surface area contributed by atoms with E-state index in [0.717, 1.165) is 11.3 Å². The lowest BCUT2D eigenvalue weighted by Gasteiger charge is -2.17. The van der Waals surface area contributed by atoms with Crippen LogP contribution in [0, 0.1) is 0 Å². The molecule has 6 nitrogen and oxygen atoms in total. The summed E-state index contributed by atoms with van der Waals surface area (Å²) in [5.41, 5.74) is 1.28. The van der Waals surface area contributed by atoms with Crippen molar-refractivity contribution in [2.45, 2.75) is 46.1 Å². The highest BCUT2D eigenvalue weighted by Crippen LogP contribution is 2.21. The first-order chi connectivity index (χ1) is 14.4. The van der Waals surface area contributed by atoms with Crippen molar-refractivity contribution in [3.63, 3.8) is 0 Å². The van der Waals surface area contributed by atoms with E-state index in [2.05, 4.69) is 20.4 Å². The summed E-state index contributed by atoms with van der Waals surface area (Å²) in [6, 6.07) is 13.8. The number of aliphatic hydroxyl groups is 1. The van der Waals surface area contributed by atoms with Crippen molar-refractivity contribution in [1.82, 2.24) is 10.6 Å². The Balaban J connectivity index is 0.00000480. The average Bonchev–Trinajstić information content (AvgIpc) is 2.70. The van der Waals surface area contributed by atoms with E-state index in [1.165, 1.54) is 6.07 Å². The maximum Gasteiger partial charge on any atom is 0.387 e. The molecule has 0 saturated heterocycles. The second-order valence-electron chi connectivity index (χ2n) is 6.81. The second-order valence-corrected chi connectivity index (χ2v) is 6.81. The number of hydrogen-bond donors (Lipinski definition) is 3. The first-order valence-electron chi connectivity index (χ1n) is 9.88. The Morgan fingerprint density at radius 3 is 2.32 bits per heavy atom. The van der Waals surface area contributed by atoms with Gasteiger partial charge in [-0.25, -0.2) is 4.99 Å². The third-order valence-corrected chi connectivity index (χ3v) is 4.04. The molecule has 0 amide bonds. The largest absolute Gasteiger partial charge is 0.491 e. The summed E-state index contributed by atoms with van der Waals surface area (Å²) in [7, 11) is 0. The molecule has 9 heteroatoms. The Morgan fingerprint density at radius 1 is 1.03 bits per heavy atom. The number of guanidine groups is 1. The van der Waals surface area contributed by atoms with Crippen molar-refractivity contribution in [2.24, 2.45) is 4.99 Å². The van der Waals surface area contributed by atoms with Gasteiger partial charge < -0.3 is 25.2 Å². The molecule has 2 aromatic carbocycles. The quantitative estimate of drug-likeness (QED) is 0.232. The monoisotopic (exact) mass is 549 g/mol.